The highest BCUT2D eigenvalue weighted by Gasteiger charge is 2.15. The number of methoxy groups -OCH3 is 1. The molecule has 0 unspecified atom stereocenters. The normalized spacial score (nSPS) is 11.1. The van der Waals surface area contributed by atoms with E-state index in [9.17, 15) is 4.79 Å². The number of hydrogen-bond acceptors (Lipinski definition) is 6. The molecule has 0 N–H and O–H groups in total. The number of thioether (sulfide) groups is 1. The molecule has 2 aromatic heterocycles. The number of ether oxygens (including phenoxy) is 1. The molecule has 5 nitrogen and oxygen atoms in total. The molecule has 7 heteroatoms. The SMILES string of the molecule is COCCCN(C)C(=O)CSc1ncnc2sc(C)c(C)c12. The summed E-state index contributed by atoms with van der Waals surface area (Å²) >= 11 is 3.16. The fraction of sp³-hybridized carbons (Fsp3) is 0.533. The lowest BCUT2D eigenvalue weighted by atomic mass is 10.2. The molecule has 0 fully saturated rings. The maximum absolute atomic E-state index is 12.2. The van der Waals surface area contributed by atoms with Gasteiger partial charge in [0.2, 0.25) is 5.91 Å². The second kappa shape index (κ2) is 7.89. The van der Waals surface area contributed by atoms with Gasteiger partial charge in [-0.3, -0.25) is 4.79 Å². The number of fused-ring (bicyclic) bond motifs is 1. The van der Waals surface area contributed by atoms with Crippen LogP contribution in [0, 0.1) is 13.8 Å². The molecule has 2 aromatic rings. The van der Waals surface area contributed by atoms with Gasteiger partial charge in [0, 0.05) is 37.6 Å². The number of amides is 1. The van der Waals surface area contributed by atoms with Crippen molar-refractivity contribution >= 4 is 39.2 Å². The van der Waals surface area contributed by atoms with Gasteiger partial charge in [-0.15, -0.1) is 11.3 Å². The maximum Gasteiger partial charge on any atom is 0.232 e. The van der Waals surface area contributed by atoms with Crippen molar-refractivity contribution in [2.45, 2.75) is 25.3 Å². The van der Waals surface area contributed by atoms with Gasteiger partial charge in [-0.2, -0.15) is 0 Å². The third-order valence-electron chi connectivity index (χ3n) is 3.53. The fourth-order valence-corrected chi connectivity index (χ4v) is 4.13. The van der Waals surface area contributed by atoms with Crippen molar-refractivity contribution in [2.75, 3.05) is 33.1 Å². The zero-order chi connectivity index (χ0) is 16.1. The second-order valence-corrected chi connectivity index (χ2v) is 7.26. The van der Waals surface area contributed by atoms with E-state index >= 15 is 0 Å². The number of hydrogen-bond donors (Lipinski definition) is 0. The Morgan fingerprint density at radius 1 is 1.41 bits per heavy atom. The van der Waals surface area contributed by atoms with Gasteiger partial charge in [-0.05, 0) is 25.8 Å². The first kappa shape index (κ1) is 17.2. The standard InChI is InChI=1S/C15H21N3O2S2/c1-10-11(2)22-15-13(10)14(16-9-17-15)21-8-12(19)18(3)6-5-7-20-4/h9H,5-8H2,1-4H3. The molecule has 2 heterocycles. The van der Waals surface area contributed by atoms with Crippen LogP contribution in [0.3, 0.4) is 0 Å². The zero-order valence-electron chi connectivity index (χ0n) is 13.4. The molecule has 0 bridgehead atoms. The summed E-state index contributed by atoms with van der Waals surface area (Å²) in [5, 5.41) is 1.98. The van der Waals surface area contributed by atoms with E-state index in [1.807, 2.05) is 7.05 Å². The number of carbonyl (C=O) groups is 1. The van der Waals surface area contributed by atoms with Gasteiger partial charge in [0.25, 0.3) is 0 Å². The molecule has 0 spiro atoms. The van der Waals surface area contributed by atoms with Gasteiger partial charge in [0.1, 0.15) is 16.2 Å². The summed E-state index contributed by atoms with van der Waals surface area (Å²) in [6.45, 7) is 5.55. The Morgan fingerprint density at radius 3 is 2.91 bits per heavy atom. The van der Waals surface area contributed by atoms with Crippen molar-refractivity contribution in [2.24, 2.45) is 0 Å². The largest absolute Gasteiger partial charge is 0.385 e. The Labute approximate surface area is 139 Å². The van der Waals surface area contributed by atoms with Crippen molar-refractivity contribution < 1.29 is 9.53 Å². The van der Waals surface area contributed by atoms with Crippen LogP contribution in [-0.4, -0.2) is 53.8 Å². The van der Waals surface area contributed by atoms with Crippen LogP contribution in [0.4, 0.5) is 0 Å². The summed E-state index contributed by atoms with van der Waals surface area (Å²) in [7, 11) is 3.50. The first-order valence-electron chi connectivity index (χ1n) is 7.11. The molecule has 0 aliphatic rings. The third kappa shape index (κ3) is 3.97. The lowest BCUT2D eigenvalue weighted by Gasteiger charge is -2.16. The van der Waals surface area contributed by atoms with Crippen LogP contribution in [0.5, 0.6) is 0 Å². The van der Waals surface area contributed by atoms with E-state index in [0.717, 1.165) is 21.7 Å². The highest BCUT2D eigenvalue weighted by molar-refractivity contribution is 8.00. The minimum absolute atomic E-state index is 0.109. The molecule has 120 valence electrons. The maximum atomic E-state index is 12.2. The molecule has 0 saturated heterocycles. The Hall–Kier alpha value is -1.18. The van der Waals surface area contributed by atoms with Crippen molar-refractivity contribution in [1.29, 1.82) is 0 Å². The van der Waals surface area contributed by atoms with Crippen molar-refractivity contribution in [3.05, 3.63) is 16.8 Å². The first-order chi connectivity index (χ1) is 10.5. The van der Waals surface area contributed by atoms with Crippen LogP contribution in [0.25, 0.3) is 10.2 Å². The smallest absolute Gasteiger partial charge is 0.232 e. The molecule has 2 rings (SSSR count). The Bertz CT molecular complexity index is 658. The predicted molar refractivity (Wildman–Crippen MR) is 91.7 cm³/mol. The van der Waals surface area contributed by atoms with Gasteiger partial charge in [0.15, 0.2) is 0 Å². The van der Waals surface area contributed by atoms with Crippen LogP contribution in [-0.2, 0) is 9.53 Å². The van der Waals surface area contributed by atoms with Crippen molar-refractivity contribution in [1.82, 2.24) is 14.9 Å². The van der Waals surface area contributed by atoms with Gasteiger partial charge < -0.3 is 9.64 Å². The van der Waals surface area contributed by atoms with Crippen molar-refractivity contribution in [3.8, 4) is 0 Å². The number of thiophene rings is 1. The Morgan fingerprint density at radius 2 is 2.18 bits per heavy atom. The number of aryl methyl sites for hydroxylation is 2. The minimum atomic E-state index is 0.109. The Kier molecular flexibility index (Phi) is 6.16. The average molecular weight is 339 g/mol. The van der Waals surface area contributed by atoms with E-state index in [2.05, 4.69) is 23.8 Å². The van der Waals surface area contributed by atoms with Crippen molar-refractivity contribution in [3.63, 3.8) is 0 Å². The van der Waals surface area contributed by atoms with Crippen LogP contribution in [0.2, 0.25) is 0 Å². The molecular formula is C15H21N3O2S2. The lowest BCUT2D eigenvalue weighted by molar-refractivity contribution is -0.127. The summed E-state index contributed by atoms with van der Waals surface area (Å²) in [6.07, 6.45) is 2.43. The predicted octanol–water partition coefficient (Wildman–Crippen LogP) is 2.90. The summed E-state index contributed by atoms with van der Waals surface area (Å²) in [4.78, 5) is 24.8. The number of aromatic nitrogens is 2. The molecule has 1 amide bonds. The van der Waals surface area contributed by atoms with E-state index in [0.29, 0.717) is 18.9 Å². The molecular weight excluding hydrogens is 318 g/mol. The lowest BCUT2D eigenvalue weighted by Crippen LogP contribution is -2.29. The highest BCUT2D eigenvalue weighted by atomic mass is 32.2. The minimum Gasteiger partial charge on any atom is -0.385 e. The molecule has 0 aliphatic carbocycles. The summed E-state index contributed by atoms with van der Waals surface area (Å²) < 4.78 is 5.01. The molecule has 0 radical (unpaired) electrons. The van der Waals surface area contributed by atoms with Gasteiger partial charge in [0.05, 0.1) is 5.75 Å². The molecule has 0 aromatic carbocycles. The average Bonchev–Trinajstić information content (AvgIpc) is 2.80. The van der Waals surface area contributed by atoms with Crippen LogP contribution < -0.4 is 0 Å². The van der Waals surface area contributed by atoms with E-state index in [-0.39, 0.29) is 5.91 Å². The Balaban J connectivity index is 2.01. The fourth-order valence-electron chi connectivity index (χ4n) is 2.07. The topological polar surface area (TPSA) is 55.3 Å². The number of carbonyl (C=O) groups excluding carboxylic acids is 1. The van der Waals surface area contributed by atoms with Crippen LogP contribution in [0.1, 0.15) is 16.9 Å². The van der Waals surface area contributed by atoms with E-state index in [4.69, 9.17) is 4.74 Å². The quantitative estimate of drug-likeness (QED) is 0.441. The molecule has 0 saturated carbocycles. The molecule has 22 heavy (non-hydrogen) atoms. The summed E-state index contributed by atoms with van der Waals surface area (Å²) in [5.41, 5.74) is 1.21. The summed E-state index contributed by atoms with van der Waals surface area (Å²) in [5.74, 6) is 0.502. The number of rotatable bonds is 7. The van der Waals surface area contributed by atoms with E-state index in [1.54, 1.807) is 29.7 Å². The zero-order valence-corrected chi connectivity index (χ0v) is 15.0. The van der Waals surface area contributed by atoms with E-state index < -0.39 is 0 Å². The van der Waals surface area contributed by atoms with Crippen LogP contribution >= 0.6 is 23.1 Å². The third-order valence-corrected chi connectivity index (χ3v) is 5.62. The second-order valence-electron chi connectivity index (χ2n) is 5.09. The van der Waals surface area contributed by atoms with Gasteiger partial charge >= 0.3 is 0 Å². The van der Waals surface area contributed by atoms with Gasteiger partial charge in [-0.25, -0.2) is 9.97 Å². The summed E-state index contributed by atoms with van der Waals surface area (Å²) in [6, 6.07) is 0. The van der Waals surface area contributed by atoms with E-state index in [1.165, 1.54) is 22.2 Å². The molecule has 0 aliphatic heterocycles. The highest BCUT2D eigenvalue weighted by Crippen LogP contribution is 2.34. The van der Waals surface area contributed by atoms with Gasteiger partial charge in [-0.1, -0.05) is 11.8 Å². The molecule has 0 atom stereocenters. The monoisotopic (exact) mass is 339 g/mol. The first-order valence-corrected chi connectivity index (χ1v) is 8.91. The van der Waals surface area contributed by atoms with Crippen LogP contribution in [0.15, 0.2) is 11.4 Å². The number of nitrogens with zero attached hydrogens (tertiary/aromatic N) is 3.